The van der Waals surface area contributed by atoms with Gasteiger partial charge in [0.05, 0.1) is 13.3 Å². The van der Waals surface area contributed by atoms with E-state index in [1.54, 1.807) is 31.4 Å². The summed E-state index contributed by atoms with van der Waals surface area (Å²) in [5.41, 5.74) is 5.09. The van der Waals surface area contributed by atoms with Crippen molar-refractivity contribution >= 4 is 5.69 Å². The summed E-state index contributed by atoms with van der Waals surface area (Å²) in [6.45, 7) is 0.169. The molecule has 0 aliphatic rings. The molecule has 1 aromatic heterocycles. The molecule has 0 bridgehead atoms. The smallest absolute Gasteiger partial charge is 0.274 e. The Labute approximate surface area is 103 Å². The van der Waals surface area contributed by atoms with Crippen molar-refractivity contribution in [1.29, 1.82) is 0 Å². The van der Waals surface area contributed by atoms with Gasteiger partial charge in [-0.25, -0.2) is 4.98 Å². The molecule has 0 aliphatic carbocycles. The minimum atomic E-state index is -0.363. The maximum Gasteiger partial charge on any atom is 0.274 e. The number of methoxy groups -OCH3 is 1. The molecule has 6 heteroatoms. The number of anilines is 1. The lowest BCUT2D eigenvalue weighted by Gasteiger charge is -2.06. The van der Waals surface area contributed by atoms with Crippen LogP contribution in [0, 0.1) is 0 Å². The van der Waals surface area contributed by atoms with E-state index in [0.29, 0.717) is 11.6 Å². The van der Waals surface area contributed by atoms with E-state index >= 15 is 0 Å². The molecule has 0 fully saturated rings. The van der Waals surface area contributed by atoms with E-state index < -0.39 is 0 Å². The van der Waals surface area contributed by atoms with E-state index in [2.05, 4.69) is 9.97 Å². The largest absolute Gasteiger partial charge is 0.497 e. The molecule has 0 unspecified atom stereocenters. The fraction of sp³-hybridized carbons (Fsp3) is 0.167. The maximum absolute atomic E-state index is 11.2. The number of hydrogen-bond acceptors (Lipinski definition) is 5. The number of nitrogens with one attached hydrogen (secondary N) is 1. The van der Waals surface area contributed by atoms with Gasteiger partial charge in [-0.1, -0.05) is 0 Å². The zero-order chi connectivity index (χ0) is 13.0. The number of aromatic amines is 1. The Morgan fingerprint density at radius 2 is 1.94 bits per heavy atom. The van der Waals surface area contributed by atoms with Crippen LogP contribution >= 0.6 is 0 Å². The molecule has 0 amide bonds. The van der Waals surface area contributed by atoms with E-state index in [1.165, 1.54) is 6.20 Å². The average molecular weight is 247 g/mol. The SMILES string of the molecule is COc1ccc(OCc2ncc(N)c(=O)[nH]2)cc1. The van der Waals surface area contributed by atoms with E-state index in [4.69, 9.17) is 15.2 Å². The summed E-state index contributed by atoms with van der Waals surface area (Å²) < 4.78 is 10.5. The van der Waals surface area contributed by atoms with Crippen molar-refractivity contribution in [1.82, 2.24) is 9.97 Å². The van der Waals surface area contributed by atoms with Crippen molar-refractivity contribution in [2.75, 3.05) is 12.8 Å². The van der Waals surface area contributed by atoms with Crippen molar-refractivity contribution in [2.45, 2.75) is 6.61 Å². The zero-order valence-electron chi connectivity index (χ0n) is 9.84. The summed E-state index contributed by atoms with van der Waals surface area (Å²) >= 11 is 0. The quantitative estimate of drug-likeness (QED) is 0.839. The summed E-state index contributed by atoms with van der Waals surface area (Å²) in [5.74, 6) is 1.83. The van der Waals surface area contributed by atoms with Crippen LogP contribution in [-0.4, -0.2) is 17.1 Å². The molecule has 2 rings (SSSR count). The fourth-order valence-electron chi connectivity index (χ4n) is 1.34. The summed E-state index contributed by atoms with van der Waals surface area (Å²) in [5, 5.41) is 0. The van der Waals surface area contributed by atoms with Gasteiger partial charge in [0, 0.05) is 0 Å². The van der Waals surface area contributed by atoms with Gasteiger partial charge in [0.1, 0.15) is 29.6 Å². The summed E-state index contributed by atoms with van der Waals surface area (Å²) in [4.78, 5) is 17.7. The van der Waals surface area contributed by atoms with Gasteiger partial charge in [-0.2, -0.15) is 0 Å². The first-order valence-corrected chi connectivity index (χ1v) is 5.29. The second-order valence-corrected chi connectivity index (χ2v) is 3.58. The number of ether oxygens (including phenoxy) is 2. The zero-order valence-corrected chi connectivity index (χ0v) is 9.84. The molecule has 94 valence electrons. The average Bonchev–Trinajstić information content (AvgIpc) is 2.41. The highest BCUT2D eigenvalue weighted by atomic mass is 16.5. The Hall–Kier alpha value is -2.50. The fourth-order valence-corrected chi connectivity index (χ4v) is 1.34. The Morgan fingerprint density at radius 3 is 2.56 bits per heavy atom. The Kier molecular flexibility index (Phi) is 3.47. The lowest BCUT2D eigenvalue weighted by atomic mass is 10.3. The normalized spacial score (nSPS) is 10.1. The number of H-pyrrole nitrogens is 1. The van der Waals surface area contributed by atoms with Crippen molar-refractivity contribution in [3.63, 3.8) is 0 Å². The highest BCUT2D eigenvalue weighted by molar-refractivity contribution is 5.32. The predicted octanol–water partition coefficient (Wildman–Crippen LogP) is 0.940. The van der Waals surface area contributed by atoms with Gasteiger partial charge in [0.15, 0.2) is 0 Å². The molecule has 1 heterocycles. The summed E-state index contributed by atoms with van der Waals surface area (Å²) in [6.07, 6.45) is 1.31. The van der Waals surface area contributed by atoms with E-state index in [1.807, 2.05) is 0 Å². The Bertz CT molecular complexity index is 578. The topological polar surface area (TPSA) is 90.2 Å². The highest BCUT2D eigenvalue weighted by Crippen LogP contribution is 2.17. The van der Waals surface area contributed by atoms with Crippen molar-refractivity contribution in [3.8, 4) is 11.5 Å². The molecular weight excluding hydrogens is 234 g/mol. The molecule has 3 N–H and O–H groups in total. The van der Waals surface area contributed by atoms with E-state index in [-0.39, 0.29) is 17.9 Å². The lowest BCUT2D eigenvalue weighted by molar-refractivity contribution is 0.295. The monoisotopic (exact) mass is 247 g/mol. The molecule has 0 radical (unpaired) electrons. The van der Waals surface area contributed by atoms with Gasteiger partial charge in [0.25, 0.3) is 5.56 Å². The maximum atomic E-state index is 11.2. The van der Waals surface area contributed by atoms with Crippen LogP contribution < -0.4 is 20.8 Å². The van der Waals surface area contributed by atoms with Crippen LogP contribution in [0.25, 0.3) is 0 Å². The van der Waals surface area contributed by atoms with Crippen molar-refractivity contribution in [3.05, 3.63) is 46.6 Å². The minimum absolute atomic E-state index is 0.0863. The van der Waals surface area contributed by atoms with Crippen LogP contribution in [0.15, 0.2) is 35.3 Å². The van der Waals surface area contributed by atoms with Gasteiger partial charge in [-0.05, 0) is 24.3 Å². The third-order valence-corrected chi connectivity index (χ3v) is 2.31. The molecule has 0 spiro atoms. The molecular formula is C12H13N3O3. The molecule has 18 heavy (non-hydrogen) atoms. The summed E-state index contributed by atoms with van der Waals surface area (Å²) in [6, 6.07) is 7.12. The van der Waals surface area contributed by atoms with Crippen LogP contribution in [0.2, 0.25) is 0 Å². The lowest BCUT2D eigenvalue weighted by Crippen LogP contribution is -2.16. The number of benzene rings is 1. The second kappa shape index (κ2) is 5.22. The van der Waals surface area contributed by atoms with Crippen LogP contribution in [0.3, 0.4) is 0 Å². The first kappa shape index (κ1) is 12.0. The third-order valence-electron chi connectivity index (χ3n) is 2.31. The van der Waals surface area contributed by atoms with Gasteiger partial charge in [-0.3, -0.25) is 4.79 Å². The van der Waals surface area contributed by atoms with Gasteiger partial charge < -0.3 is 20.2 Å². The number of hydrogen-bond donors (Lipinski definition) is 2. The third kappa shape index (κ3) is 2.79. The van der Waals surface area contributed by atoms with E-state index in [0.717, 1.165) is 5.75 Å². The summed E-state index contributed by atoms with van der Waals surface area (Å²) in [7, 11) is 1.60. The first-order valence-electron chi connectivity index (χ1n) is 5.29. The number of aromatic nitrogens is 2. The molecule has 0 atom stereocenters. The van der Waals surface area contributed by atoms with Crippen LogP contribution in [0.4, 0.5) is 5.69 Å². The molecule has 1 aromatic carbocycles. The standard InChI is InChI=1S/C12H13N3O3/c1-17-8-2-4-9(5-3-8)18-7-11-14-6-10(13)12(16)15-11/h2-6H,7,13H2,1H3,(H,14,15,16). The second-order valence-electron chi connectivity index (χ2n) is 3.58. The molecule has 6 nitrogen and oxygen atoms in total. The van der Waals surface area contributed by atoms with Gasteiger partial charge in [-0.15, -0.1) is 0 Å². The number of nitrogen functional groups attached to an aromatic ring is 1. The number of rotatable bonds is 4. The minimum Gasteiger partial charge on any atom is -0.497 e. The van der Waals surface area contributed by atoms with Crippen LogP contribution in [0.1, 0.15) is 5.82 Å². The van der Waals surface area contributed by atoms with E-state index in [9.17, 15) is 4.79 Å². The van der Waals surface area contributed by atoms with Crippen LogP contribution in [-0.2, 0) is 6.61 Å². The highest BCUT2D eigenvalue weighted by Gasteiger charge is 2.01. The van der Waals surface area contributed by atoms with Crippen molar-refractivity contribution in [2.24, 2.45) is 0 Å². The molecule has 0 aliphatic heterocycles. The predicted molar refractivity (Wildman–Crippen MR) is 66.6 cm³/mol. The van der Waals surface area contributed by atoms with Crippen LogP contribution in [0.5, 0.6) is 11.5 Å². The van der Waals surface area contributed by atoms with Crippen molar-refractivity contribution < 1.29 is 9.47 Å². The first-order chi connectivity index (χ1) is 8.69. The number of nitrogens with two attached hydrogens (primary N) is 1. The van der Waals surface area contributed by atoms with Gasteiger partial charge in [0.2, 0.25) is 0 Å². The Balaban J connectivity index is 2.02. The number of nitrogens with zero attached hydrogens (tertiary/aromatic N) is 1. The molecule has 2 aromatic rings. The molecule has 0 saturated heterocycles. The Morgan fingerprint density at radius 1 is 1.28 bits per heavy atom. The van der Waals surface area contributed by atoms with Gasteiger partial charge >= 0.3 is 0 Å². The molecule has 0 saturated carbocycles.